The topological polar surface area (TPSA) is 109 Å². The lowest BCUT2D eigenvalue weighted by molar-refractivity contribution is -0.119. The molecule has 2 fully saturated rings. The van der Waals surface area contributed by atoms with Gasteiger partial charge in [0, 0.05) is 18.7 Å². The van der Waals surface area contributed by atoms with Gasteiger partial charge < -0.3 is 4.90 Å². The lowest BCUT2D eigenvalue weighted by Crippen LogP contribution is -2.38. The summed E-state index contributed by atoms with van der Waals surface area (Å²) in [6.07, 6.45) is 0.349. The van der Waals surface area contributed by atoms with E-state index in [1.807, 2.05) is 0 Å². The molecular weight excluding hydrogens is 416 g/mol. The van der Waals surface area contributed by atoms with Crippen molar-refractivity contribution in [3.63, 3.8) is 0 Å². The number of sulfone groups is 1. The minimum absolute atomic E-state index is 0.0273. The second-order valence-corrected chi connectivity index (χ2v) is 11.4. The van der Waals surface area contributed by atoms with E-state index in [9.17, 15) is 26.4 Å². The van der Waals surface area contributed by atoms with Gasteiger partial charge in [-0.05, 0) is 24.6 Å². The predicted molar refractivity (Wildman–Crippen MR) is 101 cm³/mol. The number of halogens is 1. The molecule has 2 aliphatic rings. The maximum Gasteiger partial charge on any atom is 0.253 e. The van der Waals surface area contributed by atoms with Crippen LogP contribution in [0.5, 0.6) is 0 Å². The molecule has 2 heterocycles. The highest BCUT2D eigenvalue weighted by Crippen LogP contribution is 2.35. The minimum atomic E-state index is -3.86. The smallest absolute Gasteiger partial charge is 0.253 e. The van der Waals surface area contributed by atoms with E-state index in [4.69, 9.17) is 11.6 Å². The van der Waals surface area contributed by atoms with Gasteiger partial charge in [0.15, 0.2) is 9.84 Å². The highest BCUT2D eigenvalue weighted by atomic mass is 35.5. The van der Waals surface area contributed by atoms with Gasteiger partial charge in [0.2, 0.25) is 15.9 Å². The highest BCUT2D eigenvalue weighted by molar-refractivity contribution is 7.94. The monoisotopic (exact) mass is 434 g/mol. The van der Waals surface area contributed by atoms with Crippen molar-refractivity contribution < 1.29 is 26.4 Å². The first-order valence-corrected chi connectivity index (χ1v) is 12.1. The van der Waals surface area contributed by atoms with Crippen LogP contribution in [0.25, 0.3) is 0 Å². The highest BCUT2D eigenvalue weighted by Gasteiger charge is 2.43. The van der Waals surface area contributed by atoms with Crippen LogP contribution >= 0.6 is 11.6 Å². The maximum atomic E-state index is 12.8. The molecule has 0 aromatic heterocycles. The number of hydrogen-bond donors (Lipinski definition) is 0. The quantitative estimate of drug-likeness (QED) is 0.699. The molecule has 0 bridgehead atoms. The van der Waals surface area contributed by atoms with Crippen LogP contribution in [0.15, 0.2) is 18.2 Å². The van der Waals surface area contributed by atoms with E-state index in [-0.39, 0.29) is 33.5 Å². The Hall–Kier alpha value is -1.65. The molecule has 2 unspecified atom stereocenters. The molecular formula is C16H19ClN2O6S2. The summed E-state index contributed by atoms with van der Waals surface area (Å²) in [5, 5.41) is 0.0312. The van der Waals surface area contributed by atoms with E-state index in [0.717, 1.165) is 0 Å². The van der Waals surface area contributed by atoms with Crippen LogP contribution in [-0.4, -0.2) is 63.9 Å². The Kier molecular flexibility index (Phi) is 5.02. The van der Waals surface area contributed by atoms with Gasteiger partial charge >= 0.3 is 0 Å². The average molecular weight is 435 g/mol. The van der Waals surface area contributed by atoms with Gasteiger partial charge in [-0.3, -0.25) is 9.59 Å². The fraction of sp³-hybridized carbons (Fsp3) is 0.500. The van der Waals surface area contributed by atoms with Crippen molar-refractivity contribution >= 4 is 49.0 Å². The number of carbonyl (C=O) groups excluding carboxylic acids is 2. The van der Waals surface area contributed by atoms with Crippen LogP contribution in [-0.2, 0) is 24.7 Å². The second kappa shape index (κ2) is 6.75. The molecule has 0 radical (unpaired) electrons. The van der Waals surface area contributed by atoms with Gasteiger partial charge in [0.25, 0.3) is 5.91 Å². The first-order valence-electron chi connectivity index (χ1n) is 8.27. The molecule has 0 saturated carbocycles. The molecule has 0 N–H and O–H groups in total. The summed E-state index contributed by atoms with van der Waals surface area (Å²) in [4.78, 5) is 26.4. The molecule has 0 spiro atoms. The van der Waals surface area contributed by atoms with E-state index in [1.165, 1.54) is 37.1 Å². The zero-order chi connectivity index (χ0) is 20.1. The Morgan fingerprint density at radius 3 is 2.41 bits per heavy atom. The van der Waals surface area contributed by atoms with Gasteiger partial charge in [-0.25, -0.2) is 21.1 Å². The van der Waals surface area contributed by atoms with Crippen LogP contribution in [0, 0.1) is 5.92 Å². The third kappa shape index (κ3) is 3.70. The number of sulfonamides is 1. The Morgan fingerprint density at radius 1 is 1.22 bits per heavy atom. The van der Waals surface area contributed by atoms with E-state index < -0.39 is 43.6 Å². The zero-order valence-corrected chi connectivity index (χ0v) is 17.1. The fourth-order valence-corrected chi connectivity index (χ4v) is 7.17. The lowest BCUT2D eigenvalue weighted by Gasteiger charge is -2.24. The summed E-state index contributed by atoms with van der Waals surface area (Å²) < 4.78 is 48.6. The van der Waals surface area contributed by atoms with Crippen molar-refractivity contribution in [2.45, 2.75) is 19.4 Å². The summed E-state index contributed by atoms with van der Waals surface area (Å²) in [6.45, 7) is 1.51. The van der Waals surface area contributed by atoms with E-state index in [1.54, 1.807) is 0 Å². The summed E-state index contributed by atoms with van der Waals surface area (Å²) in [6, 6.07) is 3.59. The molecule has 11 heteroatoms. The van der Waals surface area contributed by atoms with E-state index >= 15 is 0 Å². The van der Waals surface area contributed by atoms with Crippen molar-refractivity contribution in [2.75, 3.05) is 28.6 Å². The summed E-state index contributed by atoms with van der Waals surface area (Å²) in [5.74, 6) is -2.16. The molecule has 1 aromatic carbocycles. The maximum absolute atomic E-state index is 12.8. The number of benzene rings is 1. The van der Waals surface area contributed by atoms with Crippen molar-refractivity contribution in [1.29, 1.82) is 0 Å². The molecule has 2 amide bonds. The zero-order valence-electron chi connectivity index (χ0n) is 14.8. The Labute approximate surface area is 163 Å². The van der Waals surface area contributed by atoms with Crippen molar-refractivity contribution in [3.8, 4) is 0 Å². The van der Waals surface area contributed by atoms with Crippen molar-refractivity contribution in [2.24, 2.45) is 5.92 Å². The number of rotatable bonds is 3. The van der Waals surface area contributed by atoms with Gasteiger partial charge in [-0.15, -0.1) is 0 Å². The molecule has 8 nitrogen and oxygen atoms in total. The van der Waals surface area contributed by atoms with Crippen LogP contribution in [0.2, 0.25) is 5.02 Å². The number of carbonyl (C=O) groups is 2. The van der Waals surface area contributed by atoms with Gasteiger partial charge in [-0.2, -0.15) is 0 Å². The first kappa shape index (κ1) is 20.1. The minimum Gasteiger partial charge on any atom is -0.338 e. The van der Waals surface area contributed by atoms with Crippen LogP contribution < -0.4 is 4.31 Å². The third-order valence-electron chi connectivity index (χ3n) is 4.85. The first-order chi connectivity index (χ1) is 12.4. The standard InChI is InChI=1S/C16H19ClN2O6S2/c1-10-8-27(24,25)19(15(10)20)14-7-11(3-4-13(14)17)16(21)18(2)12-5-6-26(22,23)9-12/h3-4,7,10,12H,5-6,8-9H2,1-2H3. The molecule has 1 aromatic rings. The number of hydrogen-bond acceptors (Lipinski definition) is 6. The van der Waals surface area contributed by atoms with Crippen LogP contribution in [0.1, 0.15) is 23.7 Å². The second-order valence-electron chi connectivity index (χ2n) is 6.92. The molecule has 2 saturated heterocycles. The average Bonchev–Trinajstić information content (AvgIpc) is 3.03. The normalized spacial score (nSPS) is 26.3. The Bertz CT molecular complexity index is 1020. The van der Waals surface area contributed by atoms with Gasteiger partial charge in [-0.1, -0.05) is 18.5 Å². The van der Waals surface area contributed by atoms with Gasteiger partial charge in [0.1, 0.15) is 0 Å². The van der Waals surface area contributed by atoms with Crippen molar-refractivity contribution in [1.82, 2.24) is 4.90 Å². The third-order valence-corrected chi connectivity index (χ3v) is 8.77. The van der Waals surface area contributed by atoms with Crippen LogP contribution in [0.3, 0.4) is 0 Å². The number of anilines is 1. The van der Waals surface area contributed by atoms with E-state index in [2.05, 4.69) is 0 Å². The summed E-state index contributed by atoms with van der Waals surface area (Å²) in [5.41, 5.74) is 0.0630. The molecule has 2 aliphatic heterocycles. The van der Waals surface area contributed by atoms with Gasteiger partial charge in [0.05, 0.1) is 33.9 Å². The SMILES string of the molecule is CC1CS(=O)(=O)N(c2cc(C(=O)N(C)C3CCS(=O)(=O)C3)ccc2Cl)C1=O. The number of nitrogens with zero attached hydrogens (tertiary/aromatic N) is 2. The molecule has 148 valence electrons. The molecule has 2 atom stereocenters. The van der Waals surface area contributed by atoms with Crippen molar-refractivity contribution in [3.05, 3.63) is 28.8 Å². The Morgan fingerprint density at radius 2 is 1.89 bits per heavy atom. The lowest BCUT2D eigenvalue weighted by atomic mass is 10.1. The molecule has 3 rings (SSSR count). The Balaban J connectivity index is 1.94. The summed E-state index contributed by atoms with van der Waals surface area (Å²) >= 11 is 6.10. The molecule has 27 heavy (non-hydrogen) atoms. The molecule has 0 aliphatic carbocycles. The largest absolute Gasteiger partial charge is 0.338 e. The fourth-order valence-electron chi connectivity index (χ4n) is 3.32. The van der Waals surface area contributed by atoms with E-state index in [0.29, 0.717) is 10.7 Å². The summed E-state index contributed by atoms with van der Waals surface area (Å²) in [7, 11) is -5.52. The number of amides is 2. The van der Waals surface area contributed by atoms with Crippen LogP contribution in [0.4, 0.5) is 5.69 Å². The predicted octanol–water partition coefficient (Wildman–Crippen LogP) is 0.912.